The predicted octanol–water partition coefficient (Wildman–Crippen LogP) is -7.22. The monoisotopic (exact) mass is 364 g/mol. The van der Waals surface area contributed by atoms with Gasteiger partial charge in [-0.05, 0) is 0 Å². The van der Waals surface area contributed by atoms with Gasteiger partial charge in [0, 0.05) is 0 Å². The molecule has 4 heteroatoms. The van der Waals surface area contributed by atoms with Crippen molar-refractivity contribution in [2.45, 2.75) is 13.3 Å². The zero-order chi connectivity index (χ0) is 5.28. The van der Waals surface area contributed by atoms with Gasteiger partial charge in [0.2, 0.25) is 0 Å². The third-order valence-corrected chi connectivity index (χ3v) is 2.10. The van der Waals surface area contributed by atoms with E-state index >= 15 is 0 Å². The fourth-order valence-electron chi connectivity index (χ4n) is 0.615. The Kier molecular flexibility index (Phi) is 15.4. The van der Waals surface area contributed by atoms with E-state index in [0.717, 1.165) is 0 Å². The second-order valence-corrected chi connectivity index (χ2v) is 2.71. The molecule has 0 aromatic heterocycles. The van der Waals surface area contributed by atoms with Crippen LogP contribution in [0.15, 0.2) is 21.6 Å². The van der Waals surface area contributed by atoms with Crippen LogP contribution in [0.5, 0.6) is 0 Å². The number of hydrogen-bond acceptors (Lipinski definition) is 0. The van der Waals surface area contributed by atoms with Crippen molar-refractivity contribution >= 4 is 0 Å². The van der Waals surface area contributed by atoms with Crippen LogP contribution in [0.2, 0.25) is 0 Å². The molecule has 0 spiro atoms. The van der Waals surface area contributed by atoms with Gasteiger partial charge < -0.3 is 50.9 Å². The molecule has 0 atom stereocenters. The van der Waals surface area contributed by atoms with Crippen molar-refractivity contribution in [3.05, 3.63) is 21.6 Å². The van der Waals surface area contributed by atoms with E-state index in [9.17, 15) is 0 Å². The van der Waals surface area contributed by atoms with E-state index < -0.39 is 0 Å². The molecule has 0 aromatic rings. The minimum absolute atomic E-state index is 0. The first kappa shape index (κ1) is 17.6. The summed E-state index contributed by atoms with van der Waals surface area (Å²) in [5, 5.41) is 0. The van der Waals surface area contributed by atoms with E-state index in [1.54, 1.807) is 0 Å². The average molecular weight is 367 g/mol. The third kappa shape index (κ3) is 5.31. The van der Waals surface area contributed by atoms with E-state index in [4.69, 9.17) is 0 Å². The first-order valence-corrected chi connectivity index (χ1v) is 3.16. The van der Waals surface area contributed by atoms with Crippen molar-refractivity contribution in [1.29, 1.82) is 0 Å². The molecule has 0 radical (unpaired) electrons. The van der Waals surface area contributed by atoms with Crippen molar-refractivity contribution in [3.63, 3.8) is 0 Å². The summed E-state index contributed by atoms with van der Waals surface area (Å²) < 4.78 is 1.51. The van der Waals surface area contributed by atoms with Crippen molar-refractivity contribution in [1.82, 2.24) is 0 Å². The molecule has 0 amide bonds. The molecule has 56 valence electrons. The van der Waals surface area contributed by atoms with E-state index in [-0.39, 0.29) is 50.9 Å². The molecule has 1 aliphatic carbocycles. The summed E-state index contributed by atoms with van der Waals surface area (Å²) in [4.78, 5) is 0. The summed E-state index contributed by atoms with van der Waals surface area (Å²) in [5.41, 5.74) is 1.44. The fraction of sp³-hybridized carbons (Fsp3) is 0.333. The van der Waals surface area contributed by atoms with Crippen LogP contribution in [0.4, 0.5) is 0 Å². The minimum Gasteiger partial charge on any atom is -1.00 e. The van der Waals surface area contributed by atoms with E-state index in [1.165, 1.54) is 15.9 Å². The van der Waals surface area contributed by atoms with Gasteiger partial charge in [0.15, 0.2) is 0 Å². The van der Waals surface area contributed by atoms with Gasteiger partial charge in [-0.2, -0.15) is 0 Å². The van der Waals surface area contributed by atoms with Gasteiger partial charge in [0.05, 0.1) is 0 Å². The summed E-state index contributed by atoms with van der Waals surface area (Å²) in [7, 11) is 0. The molecule has 1 rings (SSSR count). The largest absolute Gasteiger partial charge is 1.00 e. The molecule has 0 fully saturated rings. The Bertz CT molecular complexity index is 140. The first-order valence-electron chi connectivity index (χ1n) is 2.38. The van der Waals surface area contributed by atoms with Gasteiger partial charge in [-0.3, -0.25) is 0 Å². The van der Waals surface area contributed by atoms with Gasteiger partial charge in [0.25, 0.3) is 0 Å². The Hall–Kier alpha value is 1.63. The van der Waals surface area contributed by atoms with Crippen LogP contribution in [-0.2, 0) is 20.4 Å². The molecule has 0 N–H and O–H groups in total. The van der Waals surface area contributed by atoms with Gasteiger partial charge in [-0.25, -0.2) is 0 Å². The molecule has 1 aliphatic rings. The second kappa shape index (κ2) is 8.73. The molecule has 0 unspecified atom stereocenters. The molecule has 0 bridgehead atoms. The maximum absolute atomic E-state index is 2.20. The molecule has 0 aromatic carbocycles. The Labute approximate surface area is 105 Å². The SMILES string of the molecule is CC1=[C]([Ti+3])CC=C1.[Br-].[Br-].[Br-]. The molecule has 0 saturated heterocycles. The second-order valence-electron chi connectivity index (χ2n) is 1.77. The fourth-order valence-corrected chi connectivity index (χ4v) is 0.929. The van der Waals surface area contributed by atoms with Crippen LogP contribution >= 0.6 is 0 Å². The quantitative estimate of drug-likeness (QED) is 0.374. The van der Waals surface area contributed by atoms with Crippen LogP contribution in [0.25, 0.3) is 0 Å². The Morgan fingerprint density at radius 2 is 1.80 bits per heavy atom. The molecule has 10 heavy (non-hydrogen) atoms. The van der Waals surface area contributed by atoms with E-state index in [2.05, 4.69) is 39.5 Å². The van der Waals surface area contributed by atoms with Crippen LogP contribution in [0, 0.1) is 0 Å². The summed E-state index contributed by atoms with van der Waals surface area (Å²) in [5.74, 6) is 0. The maximum Gasteiger partial charge on any atom is -1.00 e. The van der Waals surface area contributed by atoms with Crippen LogP contribution in [0.3, 0.4) is 0 Å². The zero-order valence-electron chi connectivity index (χ0n) is 5.50. The number of allylic oxidation sites excluding steroid dienone is 4. The molecule has 0 aliphatic heterocycles. The van der Waals surface area contributed by atoms with Crippen LogP contribution in [0.1, 0.15) is 13.3 Å². The summed E-state index contributed by atoms with van der Waals surface area (Å²) in [6.45, 7) is 2.15. The summed E-state index contributed by atoms with van der Waals surface area (Å²) >= 11 is 2.18. The average Bonchev–Trinajstić information content (AvgIpc) is 1.91. The standard InChI is InChI=1S/C6H7.3BrH.Ti/c1-6-4-2-3-5-6;;;;/h2,4H,3H2,1H3;3*1H;/q;;;;+3/p-3. The van der Waals surface area contributed by atoms with Crippen LogP contribution in [-0.4, -0.2) is 0 Å². The normalized spacial score (nSPS) is 13.5. The van der Waals surface area contributed by atoms with Crippen molar-refractivity contribution in [3.8, 4) is 0 Å². The molecule has 0 heterocycles. The first-order chi connectivity index (χ1) is 3.30. The smallest absolute Gasteiger partial charge is 1.00 e. The Morgan fingerprint density at radius 1 is 1.30 bits per heavy atom. The Balaban J connectivity index is -0.000000163. The van der Waals surface area contributed by atoms with Crippen molar-refractivity contribution in [2.75, 3.05) is 0 Å². The van der Waals surface area contributed by atoms with E-state index in [0.29, 0.717) is 0 Å². The Morgan fingerprint density at radius 3 is 1.90 bits per heavy atom. The molecule has 0 saturated carbocycles. The summed E-state index contributed by atoms with van der Waals surface area (Å²) in [6, 6.07) is 0. The minimum atomic E-state index is 0. The topological polar surface area (TPSA) is 0 Å². The van der Waals surface area contributed by atoms with Gasteiger partial charge >= 0.3 is 55.4 Å². The van der Waals surface area contributed by atoms with Crippen LogP contribution < -0.4 is 50.9 Å². The zero-order valence-corrected chi connectivity index (χ0v) is 11.8. The van der Waals surface area contributed by atoms with Gasteiger partial charge in [-0.15, -0.1) is 0 Å². The molecular formula is C6H7Br3Ti. The van der Waals surface area contributed by atoms with Crippen molar-refractivity contribution < 1.29 is 71.4 Å². The van der Waals surface area contributed by atoms with E-state index in [1.807, 2.05) is 0 Å². The predicted molar refractivity (Wildman–Crippen MR) is 26.5 cm³/mol. The van der Waals surface area contributed by atoms with Gasteiger partial charge in [0.1, 0.15) is 0 Å². The summed E-state index contributed by atoms with van der Waals surface area (Å²) in [6.07, 6.45) is 5.55. The maximum atomic E-state index is 2.20. The molecule has 0 nitrogen and oxygen atoms in total. The number of rotatable bonds is 0. The van der Waals surface area contributed by atoms with Crippen molar-refractivity contribution in [2.24, 2.45) is 0 Å². The third-order valence-electron chi connectivity index (χ3n) is 1.17. The number of halogens is 3. The molecular weight excluding hydrogens is 360 g/mol. The number of hydrogen-bond donors (Lipinski definition) is 0. The van der Waals surface area contributed by atoms with Gasteiger partial charge in [-0.1, -0.05) is 0 Å².